The summed E-state index contributed by atoms with van der Waals surface area (Å²) in [5.41, 5.74) is 9.41. The summed E-state index contributed by atoms with van der Waals surface area (Å²) >= 11 is 0. The summed E-state index contributed by atoms with van der Waals surface area (Å²) in [6.07, 6.45) is -10.6. The van der Waals surface area contributed by atoms with Gasteiger partial charge in [-0.15, -0.1) is 0 Å². The standard InChI is InChI=1S/C21H26N10O14P2/c1-39-47(38)41-3-7-12(10(32)18(43-7)30-4-24-8-14(30)26-20(22)28-16(8)34)44-46(36,37)40-2-6-13(45-47)11(33)19(42-6)31-5-25-9-15(31)27-21(23)29-17(9)35/h4-7,10-13,18-19,32-33H,2-3H2,1H3,(H,36,37)(H3,22,26,28,34)(H3,23,27,29,35)/p-1/t6?,7-,10-,11-,12-,13-,18-,19-,47?/m1/s1. The normalized spacial score (nSPS) is 36.6. The van der Waals surface area contributed by atoms with Crippen molar-refractivity contribution >= 4 is 49.9 Å². The molecule has 3 unspecified atom stereocenters. The van der Waals surface area contributed by atoms with Gasteiger partial charge >= 0.3 is 7.82 Å². The van der Waals surface area contributed by atoms with Crippen molar-refractivity contribution in [3.63, 3.8) is 0 Å². The molecule has 3 saturated heterocycles. The predicted molar refractivity (Wildman–Crippen MR) is 149 cm³/mol. The van der Waals surface area contributed by atoms with Gasteiger partial charge in [0, 0.05) is 7.11 Å². The average molecular weight is 703 g/mol. The first-order valence-corrected chi connectivity index (χ1v) is 16.4. The molecule has 0 saturated carbocycles. The number of nitrogens with two attached hydrogens (primary N) is 2. The fraction of sp³-hybridized carbons (Fsp3) is 0.524. The number of H-pyrrole nitrogens is 2. The minimum Gasteiger partial charge on any atom is -0.756 e. The minimum atomic E-state index is -5.33. The molecule has 47 heavy (non-hydrogen) atoms. The molecule has 24 nitrogen and oxygen atoms in total. The van der Waals surface area contributed by atoms with Crippen molar-refractivity contribution in [3.8, 4) is 0 Å². The van der Waals surface area contributed by atoms with E-state index in [1.807, 2.05) is 0 Å². The van der Waals surface area contributed by atoms with Crippen LogP contribution in [-0.4, -0.2) is 106 Å². The molecule has 26 heteroatoms. The lowest BCUT2D eigenvalue weighted by Crippen LogP contribution is -2.40. The summed E-state index contributed by atoms with van der Waals surface area (Å²) in [4.78, 5) is 58.0. The molecule has 4 aromatic rings. The molecule has 0 bridgehead atoms. The zero-order chi connectivity index (χ0) is 33.4. The molecule has 10 atom stereocenters. The second-order valence-electron chi connectivity index (χ2n) is 10.5. The lowest BCUT2D eigenvalue weighted by atomic mass is 10.1. The molecule has 0 aromatic carbocycles. The molecular weight excluding hydrogens is 678 g/mol. The van der Waals surface area contributed by atoms with Gasteiger partial charge in [0.05, 0.1) is 25.9 Å². The fourth-order valence-corrected chi connectivity index (χ4v) is 7.56. The van der Waals surface area contributed by atoms with Gasteiger partial charge in [-0.2, -0.15) is 9.97 Å². The van der Waals surface area contributed by atoms with Crippen LogP contribution in [0.3, 0.4) is 0 Å². The van der Waals surface area contributed by atoms with Crippen LogP contribution in [0.15, 0.2) is 22.2 Å². The van der Waals surface area contributed by atoms with Crippen LogP contribution in [-0.2, 0) is 41.2 Å². The molecule has 3 aliphatic rings. The lowest BCUT2D eigenvalue weighted by Gasteiger charge is -2.32. The first-order chi connectivity index (χ1) is 22.3. The summed E-state index contributed by atoms with van der Waals surface area (Å²) < 4.78 is 66.9. The van der Waals surface area contributed by atoms with Crippen molar-refractivity contribution < 1.29 is 56.3 Å². The van der Waals surface area contributed by atoms with Crippen LogP contribution in [0.2, 0.25) is 0 Å². The quantitative estimate of drug-likeness (QED) is 0.116. The molecule has 0 aliphatic carbocycles. The van der Waals surface area contributed by atoms with Crippen molar-refractivity contribution in [1.29, 1.82) is 0 Å². The van der Waals surface area contributed by atoms with Crippen LogP contribution in [0.1, 0.15) is 12.5 Å². The molecule has 3 fully saturated rings. The highest BCUT2D eigenvalue weighted by molar-refractivity contribution is 7.48. The molecule has 0 radical (unpaired) electrons. The van der Waals surface area contributed by atoms with Gasteiger partial charge in [-0.1, -0.05) is 0 Å². The Morgan fingerprint density at radius 1 is 0.872 bits per heavy atom. The van der Waals surface area contributed by atoms with Crippen molar-refractivity contribution in [1.82, 2.24) is 39.0 Å². The Bertz CT molecular complexity index is 2070. The van der Waals surface area contributed by atoms with E-state index in [2.05, 4.69) is 29.9 Å². The topological polar surface area (TPSA) is 341 Å². The van der Waals surface area contributed by atoms with Gasteiger partial charge in [-0.05, 0) is 0 Å². The van der Waals surface area contributed by atoms with Crippen molar-refractivity contribution in [3.05, 3.63) is 33.4 Å². The number of nitrogens with one attached hydrogen (secondary N) is 2. The molecule has 0 spiro atoms. The Morgan fingerprint density at radius 3 is 1.83 bits per heavy atom. The van der Waals surface area contributed by atoms with Gasteiger partial charge in [0.15, 0.2) is 34.8 Å². The maximum atomic E-state index is 13.7. The summed E-state index contributed by atoms with van der Waals surface area (Å²) in [5, 5.41) is 22.4. The Balaban J connectivity index is 1.19. The van der Waals surface area contributed by atoms with E-state index < -0.39 is 89.1 Å². The number of fused-ring (bicyclic) bond motifs is 4. The summed E-state index contributed by atoms with van der Waals surface area (Å²) in [7, 11) is -8.96. The van der Waals surface area contributed by atoms with Crippen LogP contribution in [0.25, 0.3) is 22.3 Å². The van der Waals surface area contributed by atoms with Crippen LogP contribution in [0, 0.1) is 0 Å². The number of nitrogen functional groups attached to an aromatic ring is 2. The number of rotatable bonds is 3. The van der Waals surface area contributed by atoms with E-state index in [0.717, 1.165) is 28.9 Å². The number of aliphatic hydroxyl groups is 2. The van der Waals surface area contributed by atoms with Crippen molar-refractivity contribution in [2.45, 2.75) is 49.1 Å². The summed E-state index contributed by atoms with van der Waals surface area (Å²) in [6, 6.07) is 0. The van der Waals surface area contributed by atoms with E-state index >= 15 is 0 Å². The zero-order valence-corrected chi connectivity index (χ0v) is 25.5. The molecule has 8 N–H and O–H groups in total. The molecule has 7 heterocycles. The van der Waals surface area contributed by atoms with E-state index in [9.17, 15) is 33.8 Å². The van der Waals surface area contributed by atoms with E-state index in [0.29, 0.717) is 0 Å². The number of ether oxygens (including phenoxy) is 2. The fourth-order valence-electron chi connectivity index (χ4n) is 5.47. The maximum absolute atomic E-state index is 13.7. The van der Waals surface area contributed by atoms with E-state index in [1.54, 1.807) is 0 Å². The number of hydrogen-bond donors (Lipinski definition) is 6. The van der Waals surface area contributed by atoms with E-state index in [4.69, 9.17) is 43.6 Å². The number of nitrogens with zero attached hydrogens (tertiary/aromatic N) is 6. The molecule has 7 rings (SSSR count). The van der Waals surface area contributed by atoms with E-state index in [-0.39, 0.29) is 34.2 Å². The highest BCUT2D eigenvalue weighted by Crippen LogP contribution is 2.55. The van der Waals surface area contributed by atoms with Gasteiger partial charge < -0.3 is 45.1 Å². The Hall–Kier alpha value is -3.64. The summed E-state index contributed by atoms with van der Waals surface area (Å²) in [5.74, 6) is -0.539. The largest absolute Gasteiger partial charge is 0.756 e. The van der Waals surface area contributed by atoms with Gasteiger partial charge in [-0.3, -0.25) is 46.8 Å². The number of phosphoric ester groups is 2. The van der Waals surface area contributed by atoms with Gasteiger partial charge in [0.1, 0.15) is 36.6 Å². The molecule has 254 valence electrons. The number of imidazole rings is 2. The smallest absolute Gasteiger partial charge is 0.475 e. The van der Waals surface area contributed by atoms with Gasteiger partial charge in [-0.25, -0.2) is 14.5 Å². The van der Waals surface area contributed by atoms with Gasteiger partial charge in [0.25, 0.3) is 18.9 Å². The third kappa shape index (κ3) is 5.56. The maximum Gasteiger partial charge on any atom is 0.475 e. The molecular formula is C21H25N10O14P2-. The average Bonchev–Trinajstić information content (AvgIpc) is 3.76. The monoisotopic (exact) mass is 703 g/mol. The number of aromatic amines is 2. The van der Waals surface area contributed by atoms with Crippen LogP contribution < -0.4 is 27.5 Å². The second-order valence-corrected chi connectivity index (χ2v) is 13.6. The zero-order valence-electron chi connectivity index (χ0n) is 23.7. The number of phosphoric acid groups is 2. The molecule has 4 aromatic heterocycles. The first kappa shape index (κ1) is 31.9. The highest BCUT2D eigenvalue weighted by Gasteiger charge is 2.53. The SMILES string of the molecule is COP1(=O)OC[C@H]2O[C@@H](n3cnc4c(=O)[nH]c(N)nc43)[C@H](O)[C@@H]2OP(=O)([O-])OCC2O[C@@H](n3cnc4c(=O)[nH]c(N)nc43)[C@H](O)[C@@H]2O1. The third-order valence-corrected chi connectivity index (χ3v) is 9.97. The van der Waals surface area contributed by atoms with E-state index in [1.165, 1.54) is 0 Å². The van der Waals surface area contributed by atoms with Crippen molar-refractivity contribution in [2.75, 3.05) is 31.8 Å². The number of anilines is 2. The van der Waals surface area contributed by atoms with Crippen LogP contribution in [0.4, 0.5) is 11.9 Å². The van der Waals surface area contributed by atoms with Crippen LogP contribution in [0.5, 0.6) is 0 Å². The Morgan fingerprint density at radius 2 is 1.34 bits per heavy atom. The summed E-state index contributed by atoms with van der Waals surface area (Å²) in [6.45, 7) is -1.64. The third-order valence-electron chi connectivity index (χ3n) is 7.59. The lowest BCUT2D eigenvalue weighted by molar-refractivity contribution is -0.236. The van der Waals surface area contributed by atoms with Crippen LogP contribution >= 0.6 is 15.6 Å². The molecule has 0 amide bonds. The Labute approximate surface area is 259 Å². The number of aliphatic hydroxyl groups excluding tert-OH is 2. The Kier molecular flexibility index (Phi) is 7.82. The molecule has 3 aliphatic heterocycles. The number of aromatic nitrogens is 8. The number of hydrogen-bond acceptors (Lipinski definition) is 20. The second kappa shape index (κ2) is 11.5. The first-order valence-electron chi connectivity index (χ1n) is 13.5. The van der Waals surface area contributed by atoms with Gasteiger partial charge in [0.2, 0.25) is 11.9 Å². The predicted octanol–water partition coefficient (Wildman–Crippen LogP) is -3.03. The highest BCUT2D eigenvalue weighted by atomic mass is 31.2. The minimum absolute atomic E-state index is 0.0979. The van der Waals surface area contributed by atoms with Crippen molar-refractivity contribution in [2.24, 2.45) is 0 Å².